The van der Waals surface area contributed by atoms with Gasteiger partial charge in [-0.3, -0.25) is 4.79 Å². The molecular weight excluding hydrogens is 361 g/mol. The molecule has 0 radical (unpaired) electrons. The Balaban J connectivity index is 1.87. The van der Waals surface area contributed by atoms with Crippen LogP contribution >= 0.6 is 22.6 Å². The summed E-state index contributed by atoms with van der Waals surface area (Å²) in [5.41, 5.74) is 4.52. The molecule has 1 amide bonds. The number of halogens is 1. The van der Waals surface area contributed by atoms with Crippen LogP contribution in [0.1, 0.15) is 27.0 Å². The third kappa shape index (κ3) is 2.59. The molecule has 0 unspecified atom stereocenters. The van der Waals surface area contributed by atoms with Crippen LogP contribution in [-0.4, -0.2) is 17.4 Å². The van der Waals surface area contributed by atoms with Crippen molar-refractivity contribution in [1.82, 2.24) is 4.90 Å². The Bertz CT molecular complexity index is 666. The van der Waals surface area contributed by atoms with Crippen molar-refractivity contribution < 1.29 is 4.79 Å². The average molecular weight is 377 g/mol. The van der Waals surface area contributed by atoms with Crippen LogP contribution < -0.4 is 0 Å². The van der Waals surface area contributed by atoms with Gasteiger partial charge in [-0.2, -0.15) is 0 Å². The Kier molecular flexibility index (Phi) is 3.78. The fraction of sp³-hybridized carbons (Fsp3) is 0.235. The predicted octanol–water partition coefficient (Wildman–Crippen LogP) is 3.80. The highest BCUT2D eigenvalue weighted by Crippen LogP contribution is 2.23. The number of hydrogen-bond donors (Lipinski definition) is 0. The zero-order valence-corrected chi connectivity index (χ0v) is 13.6. The lowest BCUT2D eigenvalue weighted by Crippen LogP contribution is -2.37. The molecule has 1 aliphatic heterocycles. The minimum absolute atomic E-state index is 0.160. The second kappa shape index (κ2) is 5.56. The molecule has 3 rings (SSSR count). The number of benzene rings is 2. The number of amides is 1. The summed E-state index contributed by atoms with van der Waals surface area (Å²) >= 11 is 2.26. The maximum Gasteiger partial charge on any atom is 0.254 e. The van der Waals surface area contributed by atoms with Crippen LogP contribution in [0.3, 0.4) is 0 Å². The molecule has 102 valence electrons. The zero-order valence-electron chi connectivity index (χ0n) is 11.4. The molecule has 2 aromatic rings. The van der Waals surface area contributed by atoms with Crippen LogP contribution in [0.4, 0.5) is 0 Å². The van der Waals surface area contributed by atoms with E-state index < -0.39 is 0 Å². The summed E-state index contributed by atoms with van der Waals surface area (Å²) in [6, 6.07) is 14.4. The number of carbonyl (C=O) groups excluding carboxylic acids is 1. The van der Waals surface area contributed by atoms with Crippen molar-refractivity contribution in [1.29, 1.82) is 0 Å². The predicted molar refractivity (Wildman–Crippen MR) is 88.8 cm³/mol. The summed E-state index contributed by atoms with van der Waals surface area (Å²) in [4.78, 5) is 14.6. The van der Waals surface area contributed by atoms with Gasteiger partial charge < -0.3 is 4.90 Å². The minimum atomic E-state index is 0.160. The normalized spacial score (nSPS) is 14.3. The molecule has 0 aliphatic carbocycles. The van der Waals surface area contributed by atoms with Gasteiger partial charge in [0.25, 0.3) is 5.91 Å². The highest BCUT2D eigenvalue weighted by molar-refractivity contribution is 14.1. The highest BCUT2D eigenvalue weighted by atomic mass is 127. The van der Waals surface area contributed by atoms with Gasteiger partial charge >= 0.3 is 0 Å². The first-order valence-corrected chi connectivity index (χ1v) is 7.85. The zero-order chi connectivity index (χ0) is 14.1. The standard InChI is InChI=1S/C17H16INO/c1-12-4-2-3-5-14(12)11-19-9-8-13-6-7-15(18)10-16(13)17(19)20/h2-7,10H,8-9,11H2,1H3. The summed E-state index contributed by atoms with van der Waals surface area (Å²) in [6.45, 7) is 3.61. The van der Waals surface area contributed by atoms with Crippen molar-refractivity contribution in [3.8, 4) is 0 Å². The molecule has 1 heterocycles. The minimum Gasteiger partial charge on any atom is -0.334 e. The number of fused-ring (bicyclic) bond motifs is 1. The van der Waals surface area contributed by atoms with Gasteiger partial charge in [0.1, 0.15) is 0 Å². The lowest BCUT2D eigenvalue weighted by Gasteiger charge is -2.29. The monoisotopic (exact) mass is 377 g/mol. The lowest BCUT2D eigenvalue weighted by molar-refractivity contribution is 0.0726. The van der Waals surface area contributed by atoms with Gasteiger partial charge in [-0.25, -0.2) is 0 Å². The van der Waals surface area contributed by atoms with E-state index in [2.05, 4.69) is 53.8 Å². The Hall–Kier alpha value is -1.36. The maximum absolute atomic E-state index is 12.6. The van der Waals surface area contributed by atoms with E-state index in [-0.39, 0.29) is 5.91 Å². The number of carbonyl (C=O) groups is 1. The van der Waals surface area contributed by atoms with E-state index in [1.54, 1.807) is 0 Å². The molecule has 3 heteroatoms. The van der Waals surface area contributed by atoms with Gasteiger partial charge in [0.15, 0.2) is 0 Å². The molecule has 0 bridgehead atoms. The summed E-state index contributed by atoms with van der Waals surface area (Å²) in [7, 11) is 0. The van der Waals surface area contributed by atoms with Gasteiger partial charge in [-0.1, -0.05) is 30.3 Å². The Morgan fingerprint density at radius 1 is 1.20 bits per heavy atom. The number of nitrogens with zero attached hydrogens (tertiary/aromatic N) is 1. The number of rotatable bonds is 2. The number of hydrogen-bond acceptors (Lipinski definition) is 1. The largest absolute Gasteiger partial charge is 0.334 e. The van der Waals surface area contributed by atoms with E-state index in [1.165, 1.54) is 16.7 Å². The van der Waals surface area contributed by atoms with Crippen molar-refractivity contribution in [2.45, 2.75) is 19.9 Å². The fourth-order valence-corrected chi connectivity index (χ4v) is 3.13. The third-order valence-corrected chi connectivity index (χ3v) is 4.53. The van der Waals surface area contributed by atoms with Crippen LogP contribution in [0.5, 0.6) is 0 Å². The van der Waals surface area contributed by atoms with E-state index in [0.29, 0.717) is 6.54 Å². The van der Waals surface area contributed by atoms with E-state index >= 15 is 0 Å². The fourth-order valence-electron chi connectivity index (χ4n) is 2.64. The molecule has 0 N–H and O–H groups in total. The summed E-state index contributed by atoms with van der Waals surface area (Å²) in [5, 5.41) is 0. The molecule has 0 atom stereocenters. The molecule has 0 saturated carbocycles. The van der Waals surface area contributed by atoms with Crippen LogP contribution in [-0.2, 0) is 13.0 Å². The Labute approximate surface area is 132 Å². The molecule has 0 aromatic heterocycles. The average Bonchev–Trinajstić information content (AvgIpc) is 2.45. The first-order valence-electron chi connectivity index (χ1n) is 6.77. The van der Waals surface area contributed by atoms with E-state index in [0.717, 1.165) is 22.1 Å². The molecular formula is C17H16INO. The molecule has 1 aliphatic rings. The molecule has 0 fully saturated rings. The second-order valence-corrected chi connectivity index (χ2v) is 6.45. The van der Waals surface area contributed by atoms with Crippen molar-refractivity contribution in [2.24, 2.45) is 0 Å². The first-order chi connectivity index (χ1) is 9.65. The molecule has 20 heavy (non-hydrogen) atoms. The van der Waals surface area contributed by atoms with Gasteiger partial charge in [-0.15, -0.1) is 0 Å². The van der Waals surface area contributed by atoms with Crippen LogP contribution in [0.15, 0.2) is 42.5 Å². The van der Waals surface area contributed by atoms with Gasteiger partial charge in [0, 0.05) is 22.2 Å². The topological polar surface area (TPSA) is 20.3 Å². The Morgan fingerprint density at radius 2 is 2.00 bits per heavy atom. The second-order valence-electron chi connectivity index (χ2n) is 5.20. The molecule has 2 nitrogen and oxygen atoms in total. The quantitative estimate of drug-likeness (QED) is 0.730. The van der Waals surface area contributed by atoms with Crippen molar-refractivity contribution >= 4 is 28.5 Å². The molecule has 0 saturated heterocycles. The summed E-state index contributed by atoms with van der Waals surface area (Å²) < 4.78 is 1.12. The van der Waals surface area contributed by atoms with E-state index in [1.807, 2.05) is 23.1 Å². The lowest BCUT2D eigenvalue weighted by atomic mass is 9.98. The van der Waals surface area contributed by atoms with Gasteiger partial charge in [-0.05, 0) is 64.8 Å². The van der Waals surface area contributed by atoms with E-state index in [4.69, 9.17) is 0 Å². The maximum atomic E-state index is 12.6. The van der Waals surface area contributed by atoms with Gasteiger partial charge in [0.2, 0.25) is 0 Å². The van der Waals surface area contributed by atoms with Crippen LogP contribution in [0, 0.1) is 10.5 Å². The van der Waals surface area contributed by atoms with Crippen molar-refractivity contribution in [2.75, 3.05) is 6.54 Å². The first kappa shape index (κ1) is 13.6. The van der Waals surface area contributed by atoms with Crippen molar-refractivity contribution in [3.63, 3.8) is 0 Å². The van der Waals surface area contributed by atoms with Crippen molar-refractivity contribution in [3.05, 3.63) is 68.3 Å². The van der Waals surface area contributed by atoms with Gasteiger partial charge in [0.05, 0.1) is 0 Å². The summed E-state index contributed by atoms with van der Waals surface area (Å²) in [6.07, 6.45) is 0.948. The van der Waals surface area contributed by atoms with Crippen LogP contribution in [0.2, 0.25) is 0 Å². The molecule has 0 spiro atoms. The molecule has 2 aromatic carbocycles. The summed E-state index contributed by atoms with van der Waals surface area (Å²) in [5.74, 6) is 0.160. The van der Waals surface area contributed by atoms with Crippen LogP contribution in [0.25, 0.3) is 0 Å². The number of aryl methyl sites for hydroxylation is 1. The third-order valence-electron chi connectivity index (χ3n) is 3.86. The SMILES string of the molecule is Cc1ccccc1CN1CCc2ccc(I)cc2C1=O. The highest BCUT2D eigenvalue weighted by Gasteiger charge is 2.24. The smallest absolute Gasteiger partial charge is 0.254 e. The Morgan fingerprint density at radius 3 is 2.80 bits per heavy atom. The van der Waals surface area contributed by atoms with E-state index in [9.17, 15) is 4.79 Å².